The van der Waals surface area contributed by atoms with Crippen LogP contribution in [0.1, 0.15) is 25.7 Å². The lowest BCUT2D eigenvalue weighted by Crippen LogP contribution is -2.39. The lowest BCUT2D eigenvalue weighted by atomic mass is 9.97. The predicted octanol–water partition coefficient (Wildman–Crippen LogP) is 1.71. The topological polar surface area (TPSA) is 49.4 Å². The first-order valence-electron chi connectivity index (χ1n) is 4.23. The van der Waals surface area contributed by atoms with Gasteiger partial charge in [-0.3, -0.25) is 8.95 Å². The summed E-state index contributed by atoms with van der Waals surface area (Å²) in [6, 6.07) is 0. The van der Waals surface area contributed by atoms with E-state index in [4.69, 9.17) is 0 Å². The molecular formula is C7H10F3O3S-. The minimum Gasteiger partial charge on any atom is -0.772 e. The van der Waals surface area contributed by atoms with Crippen LogP contribution in [0.25, 0.3) is 0 Å². The Balaban J connectivity index is 2.59. The van der Waals surface area contributed by atoms with E-state index in [1.54, 1.807) is 0 Å². The minimum atomic E-state index is -4.75. The molecule has 1 rings (SSSR count). The molecule has 0 radical (unpaired) electrons. The summed E-state index contributed by atoms with van der Waals surface area (Å²) in [6.45, 7) is 0. The zero-order valence-corrected chi connectivity index (χ0v) is 8.07. The number of ether oxygens (including phenoxy) is 1. The molecule has 1 saturated carbocycles. The van der Waals surface area contributed by atoms with Crippen molar-refractivity contribution in [1.29, 1.82) is 0 Å². The molecule has 0 amide bonds. The molecular weight excluding hydrogens is 221 g/mol. The van der Waals surface area contributed by atoms with Gasteiger partial charge in [0.2, 0.25) is 0 Å². The monoisotopic (exact) mass is 231 g/mol. The van der Waals surface area contributed by atoms with E-state index in [1.165, 1.54) is 0 Å². The molecule has 14 heavy (non-hydrogen) atoms. The molecule has 1 aliphatic rings. The van der Waals surface area contributed by atoms with Gasteiger partial charge < -0.3 is 4.55 Å². The number of hydrogen-bond acceptors (Lipinski definition) is 3. The highest BCUT2D eigenvalue weighted by atomic mass is 32.2. The van der Waals surface area contributed by atoms with Crippen molar-refractivity contribution in [1.82, 2.24) is 0 Å². The van der Waals surface area contributed by atoms with Gasteiger partial charge in [-0.2, -0.15) is 0 Å². The zero-order valence-electron chi connectivity index (χ0n) is 7.25. The van der Waals surface area contributed by atoms with Gasteiger partial charge in [0.05, 0.1) is 6.10 Å². The van der Waals surface area contributed by atoms with Crippen LogP contribution in [0.4, 0.5) is 13.2 Å². The highest BCUT2D eigenvalue weighted by Crippen LogP contribution is 2.30. The smallest absolute Gasteiger partial charge is 0.522 e. The third-order valence-electron chi connectivity index (χ3n) is 2.17. The summed E-state index contributed by atoms with van der Waals surface area (Å²) in [5.74, 6) is 0. The average Bonchev–Trinajstić information content (AvgIpc) is 2.01. The van der Waals surface area contributed by atoms with E-state index in [1.807, 2.05) is 0 Å². The molecule has 3 nitrogen and oxygen atoms in total. The van der Waals surface area contributed by atoms with E-state index in [0.717, 1.165) is 0 Å². The molecule has 84 valence electrons. The molecule has 0 aliphatic heterocycles. The molecule has 0 spiro atoms. The molecule has 0 saturated heterocycles. The number of hydrogen-bond donors (Lipinski definition) is 0. The maximum absolute atomic E-state index is 11.9. The fourth-order valence-corrected chi connectivity index (χ4v) is 2.39. The number of halogens is 3. The summed E-state index contributed by atoms with van der Waals surface area (Å²) in [7, 11) is 0. The Morgan fingerprint density at radius 1 is 1.29 bits per heavy atom. The predicted molar refractivity (Wildman–Crippen MR) is 42.1 cm³/mol. The van der Waals surface area contributed by atoms with Crippen molar-refractivity contribution >= 4 is 11.1 Å². The Labute approximate surface area is 81.9 Å². The van der Waals surface area contributed by atoms with Crippen molar-refractivity contribution in [2.24, 2.45) is 0 Å². The lowest BCUT2D eigenvalue weighted by Gasteiger charge is -2.32. The van der Waals surface area contributed by atoms with Crippen LogP contribution in [0.15, 0.2) is 0 Å². The van der Waals surface area contributed by atoms with Crippen molar-refractivity contribution in [3.63, 3.8) is 0 Å². The van der Waals surface area contributed by atoms with E-state index in [-0.39, 0.29) is 12.8 Å². The highest BCUT2D eigenvalue weighted by Gasteiger charge is 2.38. The third-order valence-corrected chi connectivity index (χ3v) is 3.21. The van der Waals surface area contributed by atoms with Gasteiger partial charge in [-0.05, 0) is 23.9 Å². The van der Waals surface area contributed by atoms with Crippen LogP contribution in [0.3, 0.4) is 0 Å². The van der Waals surface area contributed by atoms with Crippen LogP contribution in [-0.2, 0) is 15.8 Å². The average molecular weight is 231 g/mol. The molecule has 1 aliphatic carbocycles. The van der Waals surface area contributed by atoms with E-state index in [0.29, 0.717) is 12.8 Å². The molecule has 0 aromatic heterocycles. The second-order valence-corrected chi connectivity index (χ2v) is 4.31. The van der Waals surface area contributed by atoms with Crippen molar-refractivity contribution in [2.45, 2.75) is 43.4 Å². The van der Waals surface area contributed by atoms with Gasteiger partial charge in [0.1, 0.15) is 0 Å². The lowest BCUT2D eigenvalue weighted by molar-refractivity contribution is -0.344. The zero-order chi connectivity index (χ0) is 10.8. The number of rotatable bonds is 2. The standard InChI is InChI=1S/C7H11F3O3S/c8-7(9,10)13-5-3-1-2-4-6(5)14(11)12/h5-6H,1-4H2,(H,11,12)/p-1. The summed E-state index contributed by atoms with van der Waals surface area (Å²) < 4.78 is 60.5. The Morgan fingerprint density at radius 3 is 2.36 bits per heavy atom. The third kappa shape index (κ3) is 3.55. The van der Waals surface area contributed by atoms with E-state index >= 15 is 0 Å². The van der Waals surface area contributed by atoms with E-state index < -0.39 is 28.8 Å². The quantitative estimate of drug-likeness (QED) is 0.680. The van der Waals surface area contributed by atoms with Crippen LogP contribution in [0.5, 0.6) is 0 Å². The molecule has 1 fully saturated rings. The first-order valence-corrected chi connectivity index (χ1v) is 5.36. The Bertz CT molecular complexity index is 219. The molecule has 7 heteroatoms. The van der Waals surface area contributed by atoms with Gasteiger partial charge in [0, 0.05) is 5.25 Å². The minimum absolute atomic E-state index is 0.151. The molecule has 0 aromatic rings. The molecule has 3 atom stereocenters. The van der Waals surface area contributed by atoms with Crippen molar-refractivity contribution < 1.29 is 26.7 Å². The van der Waals surface area contributed by atoms with Gasteiger partial charge in [-0.25, -0.2) is 0 Å². The van der Waals surface area contributed by atoms with Crippen molar-refractivity contribution in [3.8, 4) is 0 Å². The van der Waals surface area contributed by atoms with Crippen molar-refractivity contribution in [2.75, 3.05) is 0 Å². The highest BCUT2D eigenvalue weighted by molar-refractivity contribution is 7.79. The van der Waals surface area contributed by atoms with Crippen LogP contribution < -0.4 is 0 Å². The van der Waals surface area contributed by atoms with Gasteiger partial charge in [0.15, 0.2) is 0 Å². The molecule has 0 N–H and O–H groups in total. The van der Waals surface area contributed by atoms with Crippen molar-refractivity contribution in [3.05, 3.63) is 0 Å². The summed E-state index contributed by atoms with van der Waals surface area (Å²) in [4.78, 5) is 0. The van der Waals surface area contributed by atoms with Crippen LogP contribution in [0, 0.1) is 0 Å². The van der Waals surface area contributed by atoms with Gasteiger partial charge in [-0.15, -0.1) is 13.2 Å². The van der Waals surface area contributed by atoms with Crippen LogP contribution in [0.2, 0.25) is 0 Å². The molecule has 0 aromatic carbocycles. The Kier molecular flexibility index (Phi) is 3.91. The Hall–Kier alpha value is -0.140. The fraction of sp³-hybridized carbons (Fsp3) is 1.00. The Morgan fingerprint density at radius 2 is 1.86 bits per heavy atom. The second kappa shape index (κ2) is 4.59. The van der Waals surface area contributed by atoms with Gasteiger partial charge in [-0.1, -0.05) is 12.8 Å². The molecule has 0 heterocycles. The normalized spacial score (nSPS) is 31.4. The molecule has 0 bridgehead atoms. The maximum atomic E-state index is 11.9. The maximum Gasteiger partial charge on any atom is 0.522 e. The second-order valence-electron chi connectivity index (χ2n) is 3.19. The van der Waals surface area contributed by atoms with Crippen LogP contribution >= 0.6 is 0 Å². The number of alkyl halides is 3. The fourth-order valence-electron chi connectivity index (χ4n) is 1.59. The molecule has 3 unspecified atom stereocenters. The summed E-state index contributed by atoms with van der Waals surface area (Å²) in [5.41, 5.74) is 0. The first-order chi connectivity index (χ1) is 6.40. The van der Waals surface area contributed by atoms with E-state index in [9.17, 15) is 21.9 Å². The summed E-state index contributed by atoms with van der Waals surface area (Å²) >= 11 is -2.49. The van der Waals surface area contributed by atoms with Crippen LogP contribution in [-0.4, -0.2) is 26.5 Å². The van der Waals surface area contributed by atoms with Gasteiger partial charge in [0.25, 0.3) is 0 Å². The summed E-state index contributed by atoms with van der Waals surface area (Å²) in [6.07, 6.45) is -4.37. The summed E-state index contributed by atoms with van der Waals surface area (Å²) in [5, 5.41) is -1.02. The first kappa shape index (κ1) is 11.9. The SMILES string of the molecule is O=S([O-])C1CCCCC1OC(F)(F)F. The van der Waals surface area contributed by atoms with Gasteiger partial charge >= 0.3 is 6.36 Å². The largest absolute Gasteiger partial charge is 0.772 e. The van der Waals surface area contributed by atoms with E-state index in [2.05, 4.69) is 4.74 Å².